The number of anilines is 2. The molecule has 1 aliphatic carbocycles. The van der Waals surface area contributed by atoms with Gasteiger partial charge in [-0.2, -0.15) is 5.10 Å². The molecule has 1 saturated carbocycles. The highest BCUT2D eigenvalue weighted by molar-refractivity contribution is 6.07. The smallest absolute Gasteiger partial charge is 0.277 e. The highest BCUT2D eigenvalue weighted by Gasteiger charge is 2.27. The lowest BCUT2D eigenvalue weighted by Crippen LogP contribution is -2.27. The van der Waals surface area contributed by atoms with Gasteiger partial charge >= 0.3 is 0 Å². The molecule has 0 unspecified atom stereocenters. The summed E-state index contributed by atoms with van der Waals surface area (Å²) in [6.07, 6.45) is 6.24. The topological polar surface area (TPSA) is 141 Å². The second-order valence-corrected chi connectivity index (χ2v) is 6.27. The molecule has 0 aromatic carbocycles. The number of hydrogen-bond donors (Lipinski definition) is 3. The van der Waals surface area contributed by atoms with Gasteiger partial charge in [-0.15, -0.1) is 0 Å². The molecule has 27 heavy (non-hydrogen) atoms. The Morgan fingerprint density at radius 3 is 2.89 bits per heavy atom. The minimum atomic E-state index is -0.513. The Labute approximate surface area is 153 Å². The number of nitrogen functional groups attached to an aromatic ring is 1. The fourth-order valence-corrected chi connectivity index (χ4v) is 2.51. The maximum atomic E-state index is 12.5. The molecule has 3 aromatic rings. The van der Waals surface area contributed by atoms with E-state index < -0.39 is 5.91 Å². The SMILES string of the molecule is Cn1cc(NC(=O)c2coc(-c3ccnc(N)c3)n2)c(C(=O)NC2CC2)n1. The summed E-state index contributed by atoms with van der Waals surface area (Å²) in [5.74, 6) is -0.271. The zero-order valence-electron chi connectivity index (χ0n) is 14.5. The van der Waals surface area contributed by atoms with Crippen LogP contribution in [-0.4, -0.2) is 37.6 Å². The third-order valence-corrected chi connectivity index (χ3v) is 3.97. The molecule has 0 spiro atoms. The molecule has 4 N–H and O–H groups in total. The van der Waals surface area contributed by atoms with Gasteiger partial charge in [-0.1, -0.05) is 0 Å². The minimum Gasteiger partial charge on any atom is -0.444 e. The van der Waals surface area contributed by atoms with E-state index in [1.165, 1.54) is 17.1 Å². The molecule has 2 amide bonds. The summed E-state index contributed by atoms with van der Waals surface area (Å²) in [4.78, 5) is 32.8. The molecule has 1 fully saturated rings. The van der Waals surface area contributed by atoms with Gasteiger partial charge < -0.3 is 20.8 Å². The zero-order chi connectivity index (χ0) is 19.0. The van der Waals surface area contributed by atoms with Gasteiger partial charge in [0.1, 0.15) is 12.1 Å². The summed E-state index contributed by atoms with van der Waals surface area (Å²) in [7, 11) is 1.67. The van der Waals surface area contributed by atoms with Gasteiger partial charge in [0.15, 0.2) is 11.4 Å². The number of nitrogens with zero attached hydrogens (tertiary/aromatic N) is 4. The van der Waals surface area contributed by atoms with Gasteiger partial charge in [0.2, 0.25) is 5.89 Å². The molecule has 10 heteroatoms. The zero-order valence-corrected chi connectivity index (χ0v) is 14.5. The van der Waals surface area contributed by atoms with E-state index >= 15 is 0 Å². The summed E-state index contributed by atoms with van der Waals surface area (Å²) >= 11 is 0. The molecule has 3 aromatic heterocycles. The van der Waals surface area contributed by atoms with Gasteiger partial charge in [-0.05, 0) is 25.0 Å². The molecule has 138 valence electrons. The lowest BCUT2D eigenvalue weighted by atomic mass is 10.2. The number of nitrogens with two attached hydrogens (primary N) is 1. The minimum absolute atomic E-state index is 0.0674. The second kappa shape index (κ2) is 6.56. The lowest BCUT2D eigenvalue weighted by molar-refractivity contribution is 0.0946. The Balaban J connectivity index is 1.52. The molecule has 0 saturated heterocycles. The Morgan fingerprint density at radius 2 is 2.15 bits per heavy atom. The van der Waals surface area contributed by atoms with Gasteiger partial charge in [0, 0.05) is 31.0 Å². The average molecular weight is 367 g/mol. The number of pyridine rings is 1. The molecule has 0 radical (unpaired) electrons. The van der Waals surface area contributed by atoms with Crippen molar-refractivity contribution in [2.45, 2.75) is 18.9 Å². The number of nitrogens with one attached hydrogen (secondary N) is 2. The number of aryl methyl sites for hydroxylation is 1. The predicted molar refractivity (Wildman–Crippen MR) is 95.8 cm³/mol. The van der Waals surface area contributed by atoms with E-state index in [1.54, 1.807) is 25.4 Å². The first-order valence-electron chi connectivity index (χ1n) is 8.33. The first kappa shape index (κ1) is 16.8. The summed E-state index contributed by atoms with van der Waals surface area (Å²) in [6, 6.07) is 3.45. The van der Waals surface area contributed by atoms with Crippen LogP contribution in [0.2, 0.25) is 0 Å². The van der Waals surface area contributed by atoms with Crippen molar-refractivity contribution in [2.24, 2.45) is 7.05 Å². The first-order valence-corrected chi connectivity index (χ1v) is 8.33. The standard InChI is InChI=1S/C17H17N7O3/c1-24-7-11(14(23-24)16(26)20-10-2-3-10)21-15(25)12-8-27-17(22-12)9-4-5-19-13(18)6-9/h4-8,10H,2-3H2,1H3,(H2,18,19)(H,20,26)(H,21,25). The molecular formula is C17H17N7O3. The van der Waals surface area contributed by atoms with Crippen molar-refractivity contribution in [1.29, 1.82) is 0 Å². The van der Waals surface area contributed by atoms with Crippen LogP contribution in [-0.2, 0) is 7.05 Å². The number of aromatic nitrogens is 4. The van der Waals surface area contributed by atoms with Gasteiger partial charge in [0.05, 0.1) is 5.69 Å². The lowest BCUT2D eigenvalue weighted by Gasteiger charge is -2.04. The number of oxazole rings is 1. The third-order valence-electron chi connectivity index (χ3n) is 3.97. The first-order chi connectivity index (χ1) is 13.0. The summed E-state index contributed by atoms with van der Waals surface area (Å²) in [5, 5.41) is 9.63. The van der Waals surface area contributed by atoms with Crippen molar-refractivity contribution >= 4 is 23.3 Å². The van der Waals surface area contributed by atoms with E-state index in [0.29, 0.717) is 17.1 Å². The fraction of sp³-hybridized carbons (Fsp3) is 0.235. The molecule has 0 aliphatic heterocycles. The summed E-state index contributed by atoms with van der Waals surface area (Å²) in [6.45, 7) is 0. The van der Waals surface area contributed by atoms with Crippen molar-refractivity contribution in [2.75, 3.05) is 11.1 Å². The molecule has 4 rings (SSSR count). The largest absolute Gasteiger partial charge is 0.444 e. The number of carbonyl (C=O) groups is 2. The Morgan fingerprint density at radius 1 is 1.33 bits per heavy atom. The van der Waals surface area contributed by atoms with Crippen LogP contribution in [0.1, 0.15) is 33.8 Å². The Bertz CT molecular complexity index is 1020. The van der Waals surface area contributed by atoms with Crippen LogP contribution in [0.3, 0.4) is 0 Å². The van der Waals surface area contributed by atoms with Crippen LogP contribution >= 0.6 is 0 Å². The van der Waals surface area contributed by atoms with Gasteiger partial charge in [0.25, 0.3) is 11.8 Å². The Hall–Kier alpha value is -3.69. The molecule has 10 nitrogen and oxygen atoms in total. The highest BCUT2D eigenvalue weighted by atomic mass is 16.3. The van der Waals surface area contributed by atoms with Crippen molar-refractivity contribution in [3.05, 3.63) is 42.2 Å². The molecule has 0 atom stereocenters. The summed E-state index contributed by atoms with van der Waals surface area (Å²) < 4.78 is 6.82. The van der Waals surface area contributed by atoms with Crippen molar-refractivity contribution in [3.63, 3.8) is 0 Å². The molecule has 1 aliphatic rings. The van der Waals surface area contributed by atoms with E-state index in [-0.39, 0.29) is 29.2 Å². The Kier molecular flexibility index (Phi) is 4.07. The van der Waals surface area contributed by atoms with Crippen LogP contribution in [0.25, 0.3) is 11.5 Å². The number of carbonyl (C=O) groups excluding carboxylic acids is 2. The maximum Gasteiger partial charge on any atom is 0.277 e. The number of rotatable bonds is 5. The molecule has 0 bridgehead atoms. The van der Waals surface area contributed by atoms with E-state index in [4.69, 9.17) is 10.2 Å². The van der Waals surface area contributed by atoms with E-state index in [2.05, 4.69) is 25.7 Å². The summed E-state index contributed by atoms with van der Waals surface area (Å²) in [5.41, 5.74) is 6.78. The average Bonchev–Trinajstić information content (AvgIpc) is 3.17. The monoisotopic (exact) mass is 367 g/mol. The van der Waals surface area contributed by atoms with E-state index in [9.17, 15) is 9.59 Å². The maximum absolute atomic E-state index is 12.5. The fourth-order valence-electron chi connectivity index (χ4n) is 2.51. The van der Waals surface area contributed by atoms with Crippen LogP contribution < -0.4 is 16.4 Å². The van der Waals surface area contributed by atoms with Gasteiger partial charge in [-0.25, -0.2) is 9.97 Å². The number of hydrogen-bond acceptors (Lipinski definition) is 7. The van der Waals surface area contributed by atoms with Crippen LogP contribution in [0, 0.1) is 0 Å². The van der Waals surface area contributed by atoms with Crippen LogP contribution in [0.5, 0.6) is 0 Å². The van der Waals surface area contributed by atoms with Crippen LogP contribution in [0.15, 0.2) is 35.2 Å². The van der Waals surface area contributed by atoms with Crippen molar-refractivity contribution < 1.29 is 14.0 Å². The molecule has 3 heterocycles. The molecular weight excluding hydrogens is 350 g/mol. The number of amides is 2. The highest BCUT2D eigenvalue weighted by Crippen LogP contribution is 2.22. The van der Waals surface area contributed by atoms with Gasteiger partial charge in [-0.3, -0.25) is 14.3 Å². The second-order valence-electron chi connectivity index (χ2n) is 6.27. The quantitative estimate of drug-likeness (QED) is 0.615. The predicted octanol–water partition coefficient (Wildman–Crippen LogP) is 1.20. The van der Waals surface area contributed by atoms with E-state index in [1.807, 2.05) is 0 Å². The normalized spacial score (nSPS) is 13.4. The third kappa shape index (κ3) is 3.64. The van der Waals surface area contributed by atoms with Crippen molar-refractivity contribution in [3.8, 4) is 11.5 Å². The van der Waals surface area contributed by atoms with E-state index in [0.717, 1.165) is 12.8 Å². The van der Waals surface area contributed by atoms with Crippen LogP contribution in [0.4, 0.5) is 11.5 Å². The van der Waals surface area contributed by atoms with Crippen molar-refractivity contribution in [1.82, 2.24) is 25.1 Å².